The van der Waals surface area contributed by atoms with Crippen LogP contribution >= 0.6 is 8.25 Å². The summed E-state index contributed by atoms with van der Waals surface area (Å²) in [6.07, 6.45) is -4.32. The maximum absolute atomic E-state index is 12.1. The number of nitrogens with zero attached hydrogens (tertiary/aromatic N) is 3. The van der Waals surface area contributed by atoms with E-state index in [2.05, 4.69) is 21.9 Å². The van der Waals surface area contributed by atoms with Gasteiger partial charge in [0.1, 0.15) is 0 Å². The molecule has 0 spiro atoms. The summed E-state index contributed by atoms with van der Waals surface area (Å²) >= 11 is 0. The predicted molar refractivity (Wildman–Crippen MR) is 101 cm³/mol. The first kappa shape index (κ1) is 27.4. The topological polar surface area (TPSA) is 205 Å². The van der Waals surface area contributed by atoms with Crippen LogP contribution < -0.4 is 50.6 Å². The number of hydrogen-bond donors (Lipinski definition) is 4. The first-order valence-corrected chi connectivity index (χ1v) is 9.62. The number of fused-ring (bicyclic) bond motifs is 2. The Morgan fingerprint density at radius 2 is 1.71 bits per heavy atom. The molecule has 0 bridgehead atoms. The summed E-state index contributed by atoms with van der Waals surface area (Å²) in [5.74, 6) is -0.0145. The van der Waals surface area contributed by atoms with Crippen molar-refractivity contribution in [2.75, 3.05) is 0 Å². The van der Waals surface area contributed by atoms with Crippen molar-refractivity contribution < 1.29 is 59.2 Å². The van der Waals surface area contributed by atoms with Crippen molar-refractivity contribution in [3.05, 3.63) is 51.0 Å². The van der Waals surface area contributed by atoms with Crippen LogP contribution in [0.15, 0.2) is 21.7 Å². The maximum Gasteiger partial charge on any atom is 1.00 e. The minimum absolute atomic E-state index is 0. The van der Waals surface area contributed by atoms with Crippen LogP contribution in [0.2, 0.25) is 0 Å². The summed E-state index contributed by atoms with van der Waals surface area (Å²) in [6, 6.07) is 3.58. The van der Waals surface area contributed by atoms with E-state index in [0.29, 0.717) is 11.0 Å². The van der Waals surface area contributed by atoms with E-state index in [0.717, 1.165) is 11.1 Å². The molecule has 0 aromatic heterocycles. The summed E-state index contributed by atoms with van der Waals surface area (Å²) in [6.45, 7) is 6.84. The second kappa shape index (κ2) is 11.3. The number of benzene rings is 1. The number of H-pyrrole nitrogens is 1. The van der Waals surface area contributed by atoms with Gasteiger partial charge in [0.25, 0.3) is 13.8 Å². The van der Waals surface area contributed by atoms with Gasteiger partial charge in [0.15, 0.2) is 11.5 Å². The van der Waals surface area contributed by atoms with Crippen LogP contribution in [0.1, 0.15) is 11.1 Å². The molecule has 31 heavy (non-hydrogen) atoms. The van der Waals surface area contributed by atoms with Gasteiger partial charge in [-0.05, 0) is 43.2 Å². The van der Waals surface area contributed by atoms with Crippen molar-refractivity contribution in [2.45, 2.75) is 38.7 Å². The molecule has 14 heteroatoms. The molecule has 3 atom stereocenters. The monoisotopic (exact) mass is 461 g/mol. The standard InChI is InChI=1S/C17H19N4O5.Na.HO3P/c1-7-4-10-11(5-8(7)2)21(6-12(23)14(24)9(3)22)15-13(18-10)16(25)20-17(26)19-15;;1-4(2)3/h4-5,9,12,14,22-24H,3,6H2,1-2H3,(H,20,25,26);;(H,1,2,3)/q-1;+1;/p-1/t9-,12+,14-;;/m1../s1. The van der Waals surface area contributed by atoms with Crippen molar-refractivity contribution in [1.82, 2.24) is 19.5 Å². The number of nitrogens with one attached hydrogen (secondary N) is 1. The Hall–Kier alpha value is -1.60. The predicted octanol–water partition coefficient (Wildman–Crippen LogP) is -5.51. The van der Waals surface area contributed by atoms with Gasteiger partial charge in [-0.15, -0.1) is 0 Å². The second-order valence-electron chi connectivity index (χ2n) is 6.54. The molecule has 1 aromatic carbocycles. The van der Waals surface area contributed by atoms with E-state index in [1.165, 1.54) is 4.57 Å². The van der Waals surface area contributed by atoms with Gasteiger partial charge in [-0.25, -0.2) is 9.78 Å². The fourth-order valence-electron chi connectivity index (χ4n) is 2.79. The number of aliphatic hydroxyl groups excluding tert-OH is 3. The van der Waals surface area contributed by atoms with Gasteiger partial charge in [0.05, 0.1) is 29.8 Å². The molecular weight excluding hydrogens is 442 g/mol. The molecule has 0 fully saturated rings. The number of rotatable bonds is 4. The Bertz CT molecular complexity index is 1160. The smallest absolute Gasteiger partial charge is 0.598 e. The molecule has 2 aliphatic rings. The number of aromatic nitrogens is 4. The number of aryl methyl sites for hydroxylation is 2. The minimum Gasteiger partial charge on any atom is -0.598 e. The molecule has 0 amide bonds. The van der Waals surface area contributed by atoms with E-state index >= 15 is 0 Å². The SMILES string of the molecule is O=[P+]([O-])[O-].[CH2-][C@@H](O)[C@@H](O)[C@@H](O)Cn1c2nc(=O)[nH]c(=O)c-2nc2cc(C)c(C)cc21.[Na+]. The third-order valence-corrected chi connectivity index (χ3v) is 4.38. The van der Waals surface area contributed by atoms with Crippen molar-refractivity contribution in [3.63, 3.8) is 0 Å². The third-order valence-electron chi connectivity index (χ3n) is 4.38. The van der Waals surface area contributed by atoms with Gasteiger partial charge in [0.2, 0.25) is 0 Å². The third kappa shape index (κ3) is 6.69. The van der Waals surface area contributed by atoms with Crippen LogP contribution in [0.5, 0.6) is 0 Å². The fraction of sp³-hybridized carbons (Fsp3) is 0.353. The molecular formula is C17H19N4NaO8P-. The van der Waals surface area contributed by atoms with Crippen LogP contribution in [0.4, 0.5) is 0 Å². The Kier molecular flexibility index (Phi) is 10.0. The van der Waals surface area contributed by atoms with Crippen LogP contribution in [-0.2, 0) is 11.1 Å². The van der Waals surface area contributed by atoms with Crippen LogP contribution in [0.25, 0.3) is 22.6 Å². The largest absolute Gasteiger partial charge is 1.00 e. The van der Waals surface area contributed by atoms with Crippen molar-refractivity contribution in [1.29, 1.82) is 0 Å². The molecule has 3 rings (SSSR count). The Balaban J connectivity index is 0.000000885. The van der Waals surface area contributed by atoms with Gasteiger partial charge in [0, 0.05) is 0 Å². The molecule has 4 N–H and O–H groups in total. The average molecular weight is 461 g/mol. The van der Waals surface area contributed by atoms with Gasteiger partial charge < -0.3 is 36.6 Å². The van der Waals surface area contributed by atoms with Crippen molar-refractivity contribution >= 4 is 19.3 Å². The Morgan fingerprint density at radius 1 is 1.16 bits per heavy atom. The van der Waals surface area contributed by atoms with E-state index in [4.69, 9.17) is 14.4 Å². The van der Waals surface area contributed by atoms with Gasteiger partial charge in [-0.2, -0.15) is 4.98 Å². The summed E-state index contributed by atoms with van der Waals surface area (Å²) in [4.78, 5) is 51.0. The van der Waals surface area contributed by atoms with Crippen LogP contribution in [-0.4, -0.2) is 53.2 Å². The quantitative estimate of drug-likeness (QED) is 0.125. The zero-order valence-corrected chi connectivity index (χ0v) is 19.9. The Labute approximate surface area is 198 Å². The molecule has 2 heterocycles. The van der Waals surface area contributed by atoms with E-state index in [-0.39, 0.29) is 47.6 Å². The summed E-state index contributed by atoms with van der Waals surface area (Å²) < 4.78 is 9.92. The normalized spacial score (nSPS) is 13.7. The van der Waals surface area contributed by atoms with E-state index in [1.807, 2.05) is 13.8 Å². The molecule has 0 radical (unpaired) electrons. The van der Waals surface area contributed by atoms with E-state index in [9.17, 15) is 24.9 Å². The first-order chi connectivity index (χ1) is 13.9. The summed E-state index contributed by atoms with van der Waals surface area (Å²) in [5, 5.41) is 29.5. The molecule has 0 unspecified atom stereocenters. The fourth-order valence-corrected chi connectivity index (χ4v) is 2.79. The van der Waals surface area contributed by atoms with Crippen molar-refractivity contribution in [2.24, 2.45) is 0 Å². The first-order valence-electron chi connectivity index (χ1n) is 8.53. The average Bonchev–Trinajstić information content (AvgIpc) is 2.62. The van der Waals surface area contributed by atoms with Gasteiger partial charge in [-0.3, -0.25) is 9.78 Å². The van der Waals surface area contributed by atoms with Gasteiger partial charge >= 0.3 is 35.2 Å². The molecule has 162 valence electrons. The van der Waals surface area contributed by atoms with Crippen LogP contribution in [0.3, 0.4) is 0 Å². The van der Waals surface area contributed by atoms with Gasteiger partial charge in [-0.1, -0.05) is 4.57 Å². The molecule has 2 aliphatic heterocycles. The zero-order chi connectivity index (χ0) is 22.7. The molecule has 0 saturated heterocycles. The van der Waals surface area contributed by atoms with Crippen LogP contribution in [0, 0.1) is 20.8 Å². The zero-order valence-electron chi connectivity index (χ0n) is 17.0. The minimum atomic E-state index is -3.37. The summed E-state index contributed by atoms with van der Waals surface area (Å²) in [7, 11) is -3.37. The summed E-state index contributed by atoms with van der Waals surface area (Å²) in [5.41, 5.74) is 1.31. The number of aliphatic hydroxyl groups is 3. The van der Waals surface area contributed by atoms with E-state index < -0.39 is 37.8 Å². The maximum atomic E-state index is 12.1. The number of aromatic amines is 1. The molecule has 0 saturated carbocycles. The number of hydrogen-bond acceptors (Lipinski definition) is 10. The second-order valence-corrected chi connectivity index (χ2v) is 6.99. The Morgan fingerprint density at radius 3 is 2.26 bits per heavy atom. The van der Waals surface area contributed by atoms with Crippen molar-refractivity contribution in [3.8, 4) is 11.5 Å². The molecule has 1 aromatic rings. The molecule has 0 aliphatic carbocycles. The van der Waals surface area contributed by atoms with E-state index in [1.54, 1.807) is 12.1 Å². The molecule has 12 nitrogen and oxygen atoms in total.